The maximum absolute atomic E-state index is 13.7. The molecule has 1 fully saturated rings. The summed E-state index contributed by atoms with van der Waals surface area (Å²) >= 11 is 0.951. The molecule has 3 aromatic rings. The SMILES string of the molecule is CN1CCN(CCCNC(=O)c2cnc(Nc3nc(-c4cccc(C(F)(F)F)c4)cs3)nc2C(F)(F)F)CC1. The molecule has 0 atom stereocenters. The van der Waals surface area contributed by atoms with Crippen LogP contribution in [0.4, 0.5) is 37.4 Å². The number of nitrogens with zero attached hydrogens (tertiary/aromatic N) is 5. The summed E-state index contributed by atoms with van der Waals surface area (Å²) in [7, 11) is 2.04. The number of benzene rings is 1. The van der Waals surface area contributed by atoms with Crippen LogP contribution < -0.4 is 10.6 Å². The number of likely N-dealkylation sites (N-methyl/N-ethyl adjacent to an activating group) is 1. The lowest BCUT2D eigenvalue weighted by atomic mass is 10.1. The number of alkyl halides is 6. The van der Waals surface area contributed by atoms with E-state index in [0.717, 1.165) is 62.4 Å². The first-order valence-corrected chi connectivity index (χ1v) is 12.8. The number of piperazine rings is 1. The van der Waals surface area contributed by atoms with Crippen LogP contribution in [0.2, 0.25) is 0 Å². The van der Waals surface area contributed by atoms with E-state index in [2.05, 4.69) is 35.4 Å². The van der Waals surface area contributed by atoms with Crippen molar-refractivity contribution in [2.45, 2.75) is 18.8 Å². The molecule has 2 N–H and O–H groups in total. The monoisotopic (exact) mass is 573 g/mol. The van der Waals surface area contributed by atoms with Crippen molar-refractivity contribution in [3.8, 4) is 11.3 Å². The predicted octanol–water partition coefficient (Wildman–Crippen LogP) is 4.75. The van der Waals surface area contributed by atoms with Crippen LogP contribution in [0.1, 0.15) is 28.0 Å². The van der Waals surface area contributed by atoms with Gasteiger partial charge in [0.25, 0.3) is 5.91 Å². The summed E-state index contributed by atoms with van der Waals surface area (Å²) in [5, 5.41) is 6.55. The first-order chi connectivity index (χ1) is 18.4. The smallest absolute Gasteiger partial charge is 0.352 e. The lowest BCUT2D eigenvalue weighted by molar-refractivity contribution is -0.141. The van der Waals surface area contributed by atoms with E-state index < -0.39 is 41.0 Å². The fraction of sp³-hybridized carbons (Fsp3) is 0.417. The number of thiazole rings is 1. The minimum absolute atomic E-state index is 0.0663. The number of anilines is 2. The Hall–Kier alpha value is -3.30. The molecule has 15 heteroatoms. The molecule has 0 saturated carbocycles. The number of rotatable bonds is 8. The second-order valence-corrected chi connectivity index (χ2v) is 9.81. The zero-order valence-corrected chi connectivity index (χ0v) is 21.6. The molecule has 0 unspecified atom stereocenters. The second kappa shape index (κ2) is 11.8. The highest BCUT2D eigenvalue weighted by atomic mass is 32.1. The molecule has 1 amide bonds. The van der Waals surface area contributed by atoms with Crippen molar-refractivity contribution in [2.75, 3.05) is 51.6 Å². The third-order valence-electron chi connectivity index (χ3n) is 6.04. The minimum atomic E-state index is -4.93. The van der Waals surface area contributed by atoms with Crippen molar-refractivity contribution < 1.29 is 31.1 Å². The molecule has 39 heavy (non-hydrogen) atoms. The number of hydrogen-bond acceptors (Lipinski definition) is 8. The van der Waals surface area contributed by atoms with Gasteiger partial charge in [-0.15, -0.1) is 11.3 Å². The van der Waals surface area contributed by atoms with Crippen LogP contribution in [0.15, 0.2) is 35.8 Å². The summed E-state index contributed by atoms with van der Waals surface area (Å²) in [6, 6.07) is 4.52. The maximum atomic E-state index is 13.7. The summed E-state index contributed by atoms with van der Waals surface area (Å²) in [5.41, 5.74) is -2.60. The van der Waals surface area contributed by atoms with Gasteiger partial charge >= 0.3 is 12.4 Å². The van der Waals surface area contributed by atoms with Gasteiger partial charge in [-0.05, 0) is 32.1 Å². The Morgan fingerprint density at radius 2 is 1.79 bits per heavy atom. The third-order valence-corrected chi connectivity index (χ3v) is 6.80. The van der Waals surface area contributed by atoms with E-state index in [-0.39, 0.29) is 22.9 Å². The normalized spacial score (nSPS) is 15.4. The van der Waals surface area contributed by atoms with Crippen LogP contribution in [0.5, 0.6) is 0 Å². The molecule has 1 aliphatic heterocycles. The van der Waals surface area contributed by atoms with E-state index in [1.807, 2.05) is 7.05 Å². The highest BCUT2D eigenvalue weighted by molar-refractivity contribution is 7.14. The van der Waals surface area contributed by atoms with Gasteiger partial charge in [-0.2, -0.15) is 26.3 Å². The summed E-state index contributed by atoms with van der Waals surface area (Å²) < 4.78 is 80.2. The van der Waals surface area contributed by atoms with Gasteiger partial charge < -0.3 is 20.4 Å². The van der Waals surface area contributed by atoms with Gasteiger partial charge in [0.05, 0.1) is 16.8 Å². The molecule has 1 aromatic carbocycles. The van der Waals surface area contributed by atoms with E-state index in [9.17, 15) is 31.1 Å². The fourth-order valence-corrected chi connectivity index (χ4v) is 4.62. The van der Waals surface area contributed by atoms with Crippen LogP contribution in [0.25, 0.3) is 11.3 Å². The number of halogens is 6. The average molecular weight is 574 g/mol. The van der Waals surface area contributed by atoms with Gasteiger partial charge in [0.15, 0.2) is 10.8 Å². The van der Waals surface area contributed by atoms with Gasteiger partial charge in [0.1, 0.15) is 0 Å². The quantitative estimate of drug-likeness (QED) is 0.297. The number of hydrogen-bond donors (Lipinski definition) is 2. The second-order valence-electron chi connectivity index (χ2n) is 8.95. The average Bonchev–Trinajstić information content (AvgIpc) is 3.35. The molecule has 8 nitrogen and oxygen atoms in total. The van der Waals surface area contributed by atoms with Crippen LogP contribution in [0.3, 0.4) is 0 Å². The lowest BCUT2D eigenvalue weighted by Crippen LogP contribution is -2.45. The van der Waals surface area contributed by atoms with Gasteiger partial charge in [0.2, 0.25) is 5.95 Å². The number of carbonyl (C=O) groups is 1. The predicted molar refractivity (Wildman–Crippen MR) is 134 cm³/mol. The molecule has 0 bridgehead atoms. The highest BCUT2D eigenvalue weighted by Gasteiger charge is 2.38. The first-order valence-electron chi connectivity index (χ1n) is 11.9. The summed E-state index contributed by atoms with van der Waals surface area (Å²) in [5.74, 6) is -1.40. The Labute approximate surface area is 224 Å². The van der Waals surface area contributed by atoms with Crippen LogP contribution in [-0.2, 0) is 12.4 Å². The summed E-state index contributed by atoms with van der Waals surface area (Å²) in [4.78, 5) is 28.4. The number of carbonyl (C=O) groups excluding carboxylic acids is 1. The zero-order valence-electron chi connectivity index (χ0n) is 20.7. The largest absolute Gasteiger partial charge is 0.434 e. The molecule has 4 rings (SSSR count). The topological polar surface area (TPSA) is 86.3 Å². The molecule has 210 valence electrons. The van der Waals surface area contributed by atoms with Crippen molar-refractivity contribution in [3.05, 3.63) is 52.7 Å². The summed E-state index contributed by atoms with van der Waals surface area (Å²) in [6.07, 6.45) is -8.10. The maximum Gasteiger partial charge on any atom is 0.434 e. The lowest BCUT2D eigenvalue weighted by Gasteiger charge is -2.32. The van der Waals surface area contributed by atoms with Gasteiger partial charge in [-0.3, -0.25) is 4.79 Å². The van der Waals surface area contributed by atoms with Crippen molar-refractivity contribution in [1.29, 1.82) is 0 Å². The molecule has 2 aromatic heterocycles. The molecular weight excluding hydrogens is 548 g/mol. The molecule has 3 heterocycles. The first kappa shape index (κ1) is 28.7. The van der Waals surface area contributed by atoms with Crippen molar-refractivity contribution in [3.63, 3.8) is 0 Å². The molecule has 0 radical (unpaired) electrons. The molecular formula is C24H25F6N7OS. The Balaban J connectivity index is 1.41. The van der Waals surface area contributed by atoms with E-state index >= 15 is 0 Å². The molecule has 0 aliphatic carbocycles. The van der Waals surface area contributed by atoms with Gasteiger partial charge in [-0.25, -0.2) is 15.0 Å². The number of nitrogens with one attached hydrogen (secondary N) is 2. The van der Waals surface area contributed by atoms with Crippen LogP contribution >= 0.6 is 11.3 Å². The molecule has 1 aliphatic rings. The van der Waals surface area contributed by atoms with E-state index in [1.165, 1.54) is 17.5 Å². The Morgan fingerprint density at radius 1 is 1.05 bits per heavy atom. The summed E-state index contributed by atoms with van der Waals surface area (Å²) in [6.45, 7) is 4.58. The standard InChI is InChI=1S/C24H25F6N7OS/c1-36-8-10-37(11-9-36)7-3-6-31-20(38)17-13-32-21(34-19(17)24(28,29)30)35-22-33-18(14-39-22)15-4-2-5-16(12-15)23(25,26)27/h2,4-5,12-14H,3,6-11H2,1H3,(H,31,38)(H,32,33,34,35). The zero-order chi connectivity index (χ0) is 28.2. The van der Waals surface area contributed by atoms with E-state index in [1.54, 1.807) is 0 Å². The fourth-order valence-electron chi connectivity index (χ4n) is 3.91. The molecule has 1 saturated heterocycles. The van der Waals surface area contributed by atoms with Crippen molar-refractivity contribution in [2.24, 2.45) is 0 Å². The van der Waals surface area contributed by atoms with Crippen molar-refractivity contribution >= 4 is 28.3 Å². The van der Waals surface area contributed by atoms with Gasteiger partial charge in [0, 0.05) is 49.9 Å². The van der Waals surface area contributed by atoms with Crippen molar-refractivity contribution in [1.82, 2.24) is 30.1 Å². The highest BCUT2D eigenvalue weighted by Crippen LogP contribution is 2.34. The van der Waals surface area contributed by atoms with Crippen LogP contribution in [-0.4, -0.2) is 77.0 Å². The van der Waals surface area contributed by atoms with Gasteiger partial charge in [-0.1, -0.05) is 12.1 Å². The molecule has 0 spiro atoms. The number of amides is 1. The van der Waals surface area contributed by atoms with Crippen LogP contribution in [0, 0.1) is 0 Å². The third kappa shape index (κ3) is 7.64. The Bertz CT molecular complexity index is 1290. The Kier molecular flexibility index (Phi) is 8.71. The van der Waals surface area contributed by atoms with E-state index in [0.29, 0.717) is 6.42 Å². The Morgan fingerprint density at radius 3 is 2.49 bits per heavy atom. The number of aromatic nitrogens is 3. The minimum Gasteiger partial charge on any atom is -0.352 e. The van der Waals surface area contributed by atoms with E-state index in [4.69, 9.17) is 0 Å².